The highest BCUT2D eigenvalue weighted by Gasteiger charge is 2.55. The summed E-state index contributed by atoms with van der Waals surface area (Å²) >= 11 is 0. The molecule has 0 aromatic rings. The maximum absolute atomic E-state index is 13.4. The minimum atomic E-state index is -0.707. The molecule has 4 bridgehead atoms. The maximum Gasteiger partial charge on any atom is 0.329 e. The van der Waals surface area contributed by atoms with Gasteiger partial charge >= 0.3 is 5.97 Å². The summed E-state index contributed by atoms with van der Waals surface area (Å²) in [6.07, 6.45) is 11.2. The molecular formula is C25H40N2O4. The van der Waals surface area contributed by atoms with Gasteiger partial charge in [-0.25, -0.2) is 4.79 Å². The standard InChI is InChI=1S/C25H40N2O4/c1-15(2)22(23(29)31-14-21(28)26-20-7-5-4-6-16(20)3)27-24(30)25-11-17-8-18(12-25)10-19(9-17)13-25/h15-20,22H,4-14H2,1-3H3,(H,26,28)(H,27,30)/t16-,17?,18?,19?,20-,22-,25?/m1/s1. The van der Waals surface area contributed by atoms with E-state index in [0.717, 1.165) is 38.5 Å². The fourth-order valence-electron chi connectivity index (χ4n) is 7.19. The number of hydrogen-bond acceptors (Lipinski definition) is 4. The van der Waals surface area contributed by atoms with Crippen molar-refractivity contribution in [1.29, 1.82) is 0 Å². The quantitative estimate of drug-likeness (QED) is 0.602. The Morgan fingerprint density at radius 2 is 1.55 bits per heavy atom. The SMILES string of the molecule is CC(C)[C@@H](NC(=O)C12CC3CC(CC(C3)C1)C2)C(=O)OCC(=O)N[C@@H]1CCCC[C@H]1C. The van der Waals surface area contributed by atoms with E-state index in [-0.39, 0.29) is 35.8 Å². The molecule has 31 heavy (non-hydrogen) atoms. The summed E-state index contributed by atoms with van der Waals surface area (Å²) in [6, 6.07) is -0.543. The van der Waals surface area contributed by atoms with Gasteiger partial charge in [0.05, 0.1) is 0 Å². The maximum atomic E-state index is 13.4. The molecule has 0 spiro atoms. The second-order valence-corrected chi connectivity index (χ2v) is 11.4. The Labute approximate surface area is 186 Å². The fraction of sp³-hybridized carbons (Fsp3) is 0.880. The molecule has 2 N–H and O–H groups in total. The summed E-state index contributed by atoms with van der Waals surface area (Å²) < 4.78 is 5.36. The molecule has 6 nitrogen and oxygen atoms in total. The number of ether oxygens (including phenoxy) is 1. The van der Waals surface area contributed by atoms with Crippen LogP contribution in [0.3, 0.4) is 0 Å². The average Bonchev–Trinajstić information content (AvgIpc) is 2.70. The molecule has 0 saturated heterocycles. The zero-order chi connectivity index (χ0) is 22.2. The summed E-state index contributed by atoms with van der Waals surface area (Å²) in [6.45, 7) is 5.70. The van der Waals surface area contributed by atoms with Crippen LogP contribution in [0, 0.1) is 35.0 Å². The first-order valence-corrected chi connectivity index (χ1v) is 12.5. The number of carbonyl (C=O) groups is 3. The van der Waals surface area contributed by atoms with Crippen LogP contribution in [-0.4, -0.2) is 36.5 Å². The molecule has 2 amide bonds. The Kier molecular flexibility index (Phi) is 6.64. The van der Waals surface area contributed by atoms with E-state index in [4.69, 9.17) is 4.74 Å². The van der Waals surface area contributed by atoms with Crippen molar-refractivity contribution in [1.82, 2.24) is 10.6 Å². The number of hydrogen-bond donors (Lipinski definition) is 2. The van der Waals surface area contributed by atoms with Crippen molar-refractivity contribution in [2.75, 3.05) is 6.61 Å². The van der Waals surface area contributed by atoms with Crippen molar-refractivity contribution in [3.05, 3.63) is 0 Å². The lowest BCUT2D eigenvalue weighted by atomic mass is 9.49. The number of nitrogens with one attached hydrogen (secondary N) is 2. The van der Waals surface area contributed by atoms with E-state index in [1.165, 1.54) is 25.7 Å². The van der Waals surface area contributed by atoms with Crippen molar-refractivity contribution in [2.24, 2.45) is 35.0 Å². The van der Waals surface area contributed by atoms with Crippen LogP contribution in [0.25, 0.3) is 0 Å². The lowest BCUT2D eigenvalue weighted by Gasteiger charge is -2.55. The zero-order valence-electron chi connectivity index (χ0n) is 19.5. The van der Waals surface area contributed by atoms with Crippen LogP contribution in [0.1, 0.15) is 85.0 Å². The minimum absolute atomic E-state index is 0.0303. The van der Waals surface area contributed by atoms with Crippen molar-refractivity contribution in [2.45, 2.75) is 97.1 Å². The Morgan fingerprint density at radius 3 is 2.10 bits per heavy atom. The van der Waals surface area contributed by atoms with Gasteiger partial charge in [-0.1, -0.05) is 33.6 Å². The highest BCUT2D eigenvalue weighted by atomic mass is 16.5. The molecular weight excluding hydrogens is 392 g/mol. The number of rotatable bonds is 7. The Morgan fingerprint density at radius 1 is 0.968 bits per heavy atom. The molecule has 5 saturated carbocycles. The highest BCUT2D eigenvalue weighted by molar-refractivity contribution is 5.89. The molecule has 5 rings (SSSR count). The summed E-state index contributed by atoms with van der Waals surface area (Å²) in [5, 5.41) is 6.06. The first kappa shape index (κ1) is 22.6. The van der Waals surface area contributed by atoms with E-state index in [0.29, 0.717) is 23.7 Å². The van der Waals surface area contributed by atoms with Gasteiger partial charge in [0.1, 0.15) is 6.04 Å². The molecule has 174 valence electrons. The zero-order valence-corrected chi connectivity index (χ0v) is 19.5. The van der Waals surface area contributed by atoms with Crippen LogP contribution in [0.15, 0.2) is 0 Å². The van der Waals surface area contributed by atoms with Gasteiger partial charge in [0.15, 0.2) is 6.61 Å². The van der Waals surface area contributed by atoms with Crippen molar-refractivity contribution in [3.8, 4) is 0 Å². The number of carbonyl (C=O) groups excluding carboxylic acids is 3. The molecule has 0 unspecified atom stereocenters. The molecule has 0 heterocycles. The summed E-state index contributed by atoms with van der Waals surface area (Å²) in [5.41, 5.74) is -0.295. The largest absolute Gasteiger partial charge is 0.454 e. The summed E-state index contributed by atoms with van der Waals surface area (Å²) in [7, 11) is 0. The van der Waals surface area contributed by atoms with Gasteiger partial charge in [-0.05, 0) is 81.0 Å². The van der Waals surface area contributed by atoms with Gasteiger partial charge < -0.3 is 15.4 Å². The predicted octanol–water partition coefficient (Wildman–Crippen LogP) is 3.58. The van der Waals surface area contributed by atoms with Crippen molar-refractivity contribution in [3.63, 3.8) is 0 Å². The predicted molar refractivity (Wildman–Crippen MR) is 118 cm³/mol. The minimum Gasteiger partial charge on any atom is -0.454 e. The summed E-state index contributed by atoms with van der Waals surface area (Å²) in [5.74, 6) is 1.67. The Bertz CT molecular complexity index is 668. The van der Waals surface area contributed by atoms with Crippen LogP contribution >= 0.6 is 0 Å². The molecule has 5 aliphatic carbocycles. The van der Waals surface area contributed by atoms with E-state index >= 15 is 0 Å². The Hall–Kier alpha value is -1.59. The van der Waals surface area contributed by atoms with Crippen molar-refractivity contribution < 1.29 is 19.1 Å². The topological polar surface area (TPSA) is 84.5 Å². The van der Waals surface area contributed by atoms with Crippen LogP contribution < -0.4 is 10.6 Å². The molecule has 5 aliphatic rings. The molecule has 0 aromatic heterocycles. The first-order valence-electron chi connectivity index (χ1n) is 12.5. The number of esters is 1. The van der Waals surface area contributed by atoms with Gasteiger partial charge in [-0.15, -0.1) is 0 Å². The molecule has 0 radical (unpaired) electrons. The Balaban J connectivity index is 1.30. The lowest BCUT2D eigenvalue weighted by molar-refractivity contribution is -0.157. The second kappa shape index (κ2) is 9.11. The van der Waals surface area contributed by atoms with Crippen LogP contribution in [0.5, 0.6) is 0 Å². The van der Waals surface area contributed by atoms with Gasteiger partial charge in [0.2, 0.25) is 5.91 Å². The molecule has 5 fully saturated rings. The summed E-state index contributed by atoms with van der Waals surface area (Å²) in [4.78, 5) is 38.5. The molecule has 3 atom stereocenters. The van der Waals surface area contributed by atoms with E-state index in [2.05, 4.69) is 17.6 Å². The first-order chi connectivity index (χ1) is 14.8. The van der Waals surface area contributed by atoms with E-state index in [1.807, 2.05) is 13.8 Å². The van der Waals surface area contributed by atoms with E-state index in [9.17, 15) is 14.4 Å². The van der Waals surface area contributed by atoms with Crippen LogP contribution in [-0.2, 0) is 19.1 Å². The van der Waals surface area contributed by atoms with Gasteiger partial charge in [-0.3, -0.25) is 9.59 Å². The third-order valence-corrected chi connectivity index (χ3v) is 8.53. The normalized spacial score (nSPS) is 37.4. The van der Waals surface area contributed by atoms with E-state index < -0.39 is 12.0 Å². The third kappa shape index (κ3) is 4.93. The van der Waals surface area contributed by atoms with Crippen LogP contribution in [0.2, 0.25) is 0 Å². The smallest absolute Gasteiger partial charge is 0.329 e. The molecule has 0 aromatic carbocycles. The van der Waals surface area contributed by atoms with E-state index in [1.54, 1.807) is 0 Å². The second-order valence-electron chi connectivity index (χ2n) is 11.4. The average molecular weight is 433 g/mol. The number of amides is 2. The molecule has 0 aliphatic heterocycles. The fourth-order valence-corrected chi connectivity index (χ4v) is 7.19. The van der Waals surface area contributed by atoms with Gasteiger partial charge in [0, 0.05) is 11.5 Å². The van der Waals surface area contributed by atoms with Gasteiger partial charge in [0.25, 0.3) is 5.91 Å². The highest BCUT2D eigenvalue weighted by Crippen LogP contribution is 2.60. The molecule has 6 heteroatoms. The third-order valence-electron chi connectivity index (χ3n) is 8.53. The lowest BCUT2D eigenvalue weighted by Crippen LogP contribution is -2.57. The van der Waals surface area contributed by atoms with Crippen LogP contribution in [0.4, 0.5) is 0 Å². The van der Waals surface area contributed by atoms with Crippen molar-refractivity contribution >= 4 is 17.8 Å². The van der Waals surface area contributed by atoms with Gasteiger partial charge in [-0.2, -0.15) is 0 Å². The monoisotopic (exact) mass is 432 g/mol.